The molecule has 3 aromatic rings. The van der Waals surface area contributed by atoms with Gasteiger partial charge in [-0.05, 0) is 52.7 Å². The molecule has 262 valence electrons. The van der Waals surface area contributed by atoms with E-state index in [-0.39, 0.29) is 30.2 Å². The molecule has 0 aliphatic carbocycles. The second kappa shape index (κ2) is 16.9. The predicted molar refractivity (Wildman–Crippen MR) is 181 cm³/mol. The highest BCUT2D eigenvalue weighted by atomic mass is 16.6. The third-order valence-electron chi connectivity index (χ3n) is 6.24. The lowest BCUT2D eigenvalue weighted by Gasteiger charge is -2.24. The maximum Gasteiger partial charge on any atom is 0.408 e. The number of anilines is 2. The van der Waals surface area contributed by atoms with Gasteiger partial charge in [0.05, 0.1) is 0 Å². The Hall–Kier alpha value is -5.66. The first kappa shape index (κ1) is 37.8. The molecular weight excluding hydrogens is 634 g/mol. The molecule has 2 aromatic carbocycles. The molecule has 14 nitrogen and oxygen atoms in total. The summed E-state index contributed by atoms with van der Waals surface area (Å²) in [4.78, 5) is 68.0. The van der Waals surface area contributed by atoms with Gasteiger partial charge in [-0.25, -0.2) is 19.4 Å². The van der Waals surface area contributed by atoms with Gasteiger partial charge in [-0.3, -0.25) is 9.59 Å². The third-order valence-corrected chi connectivity index (χ3v) is 6.24. The molecule has 0 aliphatic rings. The summed E-state index contributed by atoms with van der Waals surface area (Å²) in [6.07, 6.45) is -1.43. The second-order valence-corrected chi connectivity index (χ2v) is 13.0. The lowest BCUT2D eigenvalue weighted by molar-refractivity contribution is -0.139. The van der Waals surface area contributed by atoms with E-state index < -0.39 is 59.9 Å². The number of rotatable bonds is 13. The number of carboxylic acid groups (broad SMARTS) is 1. The van der Waals surface area contributed by atoms with Gasteiger partial charge in [-0.15, -0.1) is 0 Å². The van der Waals surface area contributed by atoms with E-state index in [4.69, 9.17) is 14.2 Å². The summed E-state index contributed by atoms with van der Waals surface area (Å²) in [5, 5.41) is 19.6. The molecule has 2 atom stereocenters. The Morgan fingerprint density at radius 2 is 1.06 bits per heavy atom. The van der Waals surface area contributed by atoms with Crippen LogP contribution in [0, 0.1) is 0 Å². The molecule has 1 heterocycles. The minimum atomic E-state index is -1.26. The fourth-order valence-electron chi connectivity index (χ4n) is 4.31. The van der Waals surface area contributed by atoms with Crippen molar-refractivity contribution in [2.24, 2.45) is 0 Å². The average molecular weight is 678 g/mol. The zero-order valence-corrected chi connectivity index (χ0v) is 28.4. The van der Waals surface area contributed by atoms with Crippen LogP contribution in [-0.2, 0) is 36.7 Å². The zero-order chi connectivity index (χ0) is 36.2. The molecule has 0 saturated heterocycles. The Balaban J connectivity index is 1.90. The highest BCUT2D eigenvalue weighted by Crippen LogP contribution is 2.22. The molecule has 1 aromatic heterocycles. The van der Waals surface area contributed by atoms with E-state index in [9.17, 15) is 29.1 Å². The molecular formula is C35H43N5O9. The summed E-state index contributed by atoms with van der Waals surface area (Å²) in [7, 11) is 0. The van der Waals surface area contributed by atoms with Crippen molar-refractivity contribution >= 4 is 41.6 Å². The summed E-state index contributed by atoms with van der Waals surface area (Å²) in [5.74, 6) is -2.89. The molecule has 5 N–H and O–H groups in total. The highest BCUT2D eigenvalue weighted by Gasteiger charge is 2.27. The van der Waals surface area contributed by atoms with Gasteiger partial charge in [-0.1, -0.05) is 60.7 Å². The normalized spacial score (nSPS) is 12.4. The van der Waals surface area contributed by atoms with E-state index >= 15 is 0 Å². The lowest BCUT2D eigenvalue weighted by Crippen LogP contribution is -2.47. The SMILES string of the molecule is CC(C)(C)OC(=O)N[C@@H](Cc1ccccc1)C(=O)Nc1cc(OCC(=O)O)cc(NC(=O)[C@H](Cc2ccccc2)NC(=O)OC(C)(C)C)n1. The molecule has 0 spiro atoms. The molecule has 14 heteroatoms. The topological polar surface area (TPSA) is 194 Å². The number of ether oxygens (including phenoxy) is 3. The minimum Gasteiger partial charge on any atom is -0.482 e. The predicted octanol–water partition coefficient (Wildman–Crippen LogP) is 4.69. The van der Waals surface area contributed by atoms with Crippen molar-refractivity contribution in [3.05, 3.63) is 83.9 Å². The number of carbonyl (C=O) groups is 5. The number of benzene rings is 2. The van der Waals surface area contributed by atoms with E-state index in [1.807, 2.05) is 12.1 Å². The maximum absolute atomic E-state index is 13.6. The van der Waals surface area contributed by atoms with Crippen LogP contribution in [0.5, 0.6) is 5.75 Å². The summed E-state index contributed by atoms with van der Waals surface area (Å²) in [5.41, 5.74) is -0.141. The highest BCUT2D eigenvalue weighted by molar-refractivity contribution is 5.98. The average Bonchev–Trinajstić information content (AvgIpc) is 2.98. The van der Waals surface area contributed by atoms with Gasteiger partial charge in [0.1, 0.15) is 40.7 Å². The van der Waals surface area contributed by atoms with Gasteiger partial charge in [-0.2, -0.15) is 0 Å². The first-order valence-electron chi connectivity index (χ1n) is 15.5. The van der Waals surface area contributed by atoms with Crippen LogP contribution in [-0.4, -0.2) is 70.0 Å². The number of hydrogen-bond donors (Lipinski definition) is 5. The molecule has 0 saturated carbocycles. The zero-order valence-electron chi connectivity index (χ0n) is 28.4. The van der Waals surface area contributed by atoms with E-state index in [1.165, 1.54) is 12.1 Å². The number of amides is 4. The van der Waals surface area contributed by atoms with E-state index in [0.717, 1.165) is 11.1 Å². The number of alkyl carbamates (subject to hydrolysis) is 2. The van der Waals surface area contributed by atoms with Gasteiger partial charge in [0.25, 0.3) is 0 Å². The van der Waals surface area contributed by atoms with Crippen LogP contribution >= 0.6 is 0 Å². The first-order valence-corrected chi connectivity index (χ1v) is 15.5. The Kier molecular flexibility index (Phi) is 13.1. The third kappa shape index (κ3) is 14.3. The summed E-state index contributed by atoms with van der Waals surface area (Å²) >= 11 is 0. The Morgan fingerprint density at radius 1 is 0.673 bits per heavy atom. The fourth-order valence-corrected chi connectivity index (χ4v) is 4.31. The van der Waals surface area contributed by atoms with Gasteiger partial charge in [0.2, 0.25) is 11.8 Å². The van der Waals surface area contributed by atoms with Crippen LogP contribution in [0.3, 0.4) is 0 Å². The molecule has 0 fully saturated rings. The number of hydrogen-bond acceptors (Lipinski definition) is 9. The standard InChI is InChI=1S/C35H43N5O9/c1-34(2,3)48-32(45)36-25(17-22-13-9-7-10-14-22)30(43)39-27-19-24(47-21-29(41)42)20-28(38-27)40-31(44)26(18-23-15-11-8-12-16-23)37-33(46)49-35(4,5)6/h7-16,19-20,25-26H,17-18,21H2,1-6H3,(H,36,45)(H,37,46)(H,41,42)(H2,38,39,40,43,44)/t25-,26-/m0/s1. The molecule has 0 radical (unpaired) electrons. The van der Waals surface area contributed by atoms with Crippen LogP contribution in [0.4, 0.5) is 21.2 Å². The van der Waals surface area contributed by atoms with Crippen molar-refractivity contribution in [1.82, 2.24) is 15.6 Å². The maximum atomic E-state index is 13.6. The van der Waals surface area contributed by atoms with Gasteiger partial charge < -0.3 is 40.6 Å². The number of pyridine rings is 1. The number of nitrogens with one attached hydrogen (secondary N) is 4. The summed E-state index contributed by atoms with van der Waals surface area (Å²) < 4.78 is 16.0. The molecule has 0 aliphatic heterocycles. The van der Waals surface area contributed by atoms with Gasteiger partial charge in [0.15, 0.2) is 6.61 Å². The molecule has 3 rings (SSSR count). The van der Waals surface area contributed by atoms with Gasteiger partial charge >= 0.3 is 18.2 Å². The molecule has 4 amide bonds. The molecule has 49 heavy (non-hydrogen) atoms. The van der Waals surface area contributed by atoms with Crippen molar-refractivity contribution in [2.45, 2.75) is 77.7 Å². The summed E-state index contributed by atoms with van der Waals surface area (Å²) in [6.45, 7) is 9.41. The van der Waals surface area contributed by atoms with Crippen LogP contribution in [0.2, 0.25) is 0 Å². The Bertz CT molecular complexity index is 1500. The smallest absolute Gasteiger partial charge is 0.408 e. The number of carbonyl (C=O) groups excluding carboxylic acids is 4. The van der Waals surface area contributed by atoms with Crippen LogP contribution < -0.4 is 26.0 Å². The molecule has 0 unspecified atom stereocenters. The summed E-state index contributed by atoms with van der Waals surface area (Å²) in [6, 6.07) is 18.3. The molecule has 0 bridgehead atoms. The number of aromatic nitrogens is 1. The van der Waals surface area contributed by atoms with E-state index in [1.54, 1.807) is 90.1 Å². The number of carboxylic acids is 1. The second-order valence-electron chi connectivity index (χ2n) is 13.0. The first-order chi connectivity index (χ1) is 23.0. The quantitative estimate of drug-likeness (QED) is 0.169. The number of aliphatic carboxylic acids is 1. The number of nitrogens with zero attached hydrogens (tertiary/aromatic N) is 1. The van der Waals surface area contributed by atoms with Gasteiger partial charge in [0, 0.05) is 25.0 Å². The Morgan fingerprint density at radius 3 is 1.41 bits per heavy atom. The minimum absolute atomic E-state index is 0.0394. The lowest BCUT2D eigenvalue weighted by atomic mass is 10.1. The van der Waals surface area contributed by atoms with Crippen molar-refractivity contribution in [1.29, 1.82) is 0 Å². The van der Waals surface area contributed by atoms with E-state index in [0.29, 0.717) is 0 Å². The van der Waals surface area contributed by atoms with Crippen LogP contribution in [0.25, 0.3) is 0 Å². The van der Waals surface area contributed by atoms with E-state index in [2.05, 4.69) is 26.3 Å². The van der Waals surface area contributed by atoms with Crippen molar-refractivity contribution < 1.29 is 43.3 Å². The fraction of sp³-hybridized carbons (Fsp3) is 0.371. The monoisotopic (exact) mass is 677 g/mol. The largest absolute Gasteiger partial charge is 0.482 e. The van der Waals surface area contributed by atoms with Crippen molar-refractivity contribution in [2.75, 3.05) is 17.2 Å². The van der Waals surface area contributed by atoms with Crippen molar-refractivity contribution in [3.8, 4) is 5.75 Å². The van der Waals surface area contributed by atoms with Crippen LogP contribution in [0.1, 0.15) is 52.7 Å². The van der Waals surface area contributed by atoms with Crippen LogP contribution in [0.15, 0.2) is 72.8 Å². The Labute approximate surface area is 284 Å². The van der Waals surface area contributed by atoms with Crippen molar-refractivity contribution in [3.63, 3.8) is 0 Å².